The van der Waals surface area contributed by atoms with Crippen molar-refractivity contribution in [1.29, 1.82) is 0 Å². The third-order valence-electron chi connectivity index (χ3n) is 3.32. The van der Waals surface area contributed by atoms with E-state index in [4.69, 9.17) is 16.6 Å². The molecule has 0 atom stereocenters. The molecule has 2 aromatic carbocycles. The maximum Gasteiger partial charge on any atom is 0.141 e. The quantitative estimate of drug-likeness (QED) is 0.643. The Labute approximate surface area is 117 Å². The second kappa shape index (κ2) is 5.06. The van der Waals surface area contributed by atoms with Crippen LogP contribution < -0.4 is 0 Å². The Morgan fingerprint density at radius 1 is 1.11 bits per heavy atom. The lowest BCUT2D eigenvalue weighted by molar-refractivity contribution is 0.796. The number of fused-ring (bicyclic) bond motifs is 1. The highest BCUT2D eigenvalue weighted by Gasteiger charge is 2.11. The van der Waals surface area contributed by atoms with Crippen LogP contribution in [0.5, 0.6) is 0 Å². The lowest BCUT2D eigenvalue weighted by Gasteiger charge is -2.05. The van der Waals surface area contributed by atoms with Crippen molar-refractivity contribution in [2.24, 2.45) is 0 Å². The summed E-state index contributed by atoms with van der Waals surface area (Å²) < 4.78 is 2.24. The minimum atomic E-state index is 0.523. The van der Waals surface area contributed by atoms with Gasteiger partial charge in [-0.1, -0.05) is 36.4 Å². The summed E-state index contributed by atoms with van der Waals surface area (Å²) >= 11 is 5.89. The molecule has 0 saturated carbocycles. The van der Waals surface area contributed by atoms with Gasteiger partial charge in [-0.15, -0.1) is 11.6 Å². The molecule has 0 aliphatic heterocycles. The van der Waals surface area contributed by atoms with Crippen LogP contribution >= 0.6 is 11.6 Å². The molecule has 0 radical (unpaired) electrons. The lowest BCUT2D eigenvalue weighted by atomic mass is 10.2. The zero-order valence-corrected chi connectivity index (χ0v) is 11.6. The zero-order chi connectivity index (χ0) is 13.2. The lowest BCUT2D eigenvalue weighted by Crippen LogP contribution is -1.97. The number of imidazole rings is 1. The Balaban J connectivity index is 2.25. The van der Waals surface area contributed by atoms with E-state index in [0.29, 0.717) is 5.88 Å². The third-order valence-corrected chi connectivity index (χ3v) is 3.62. The predicted octanol–water partition coefficient (Wildman–Crippen LogP) is 4.46. The maximum absolute atomic E-state index is 5.89. The number of alkyl halides is 1. The van der Waals surface area contributed by atoms with E-state index in [-0.39, 0.29) is 0 Å². The fourth-order valence-electron chi connectivity index (χ4n) is 2.39. The van der Waals surface area contributed by atoms with Crippen molar-refractivity contribution < 1.29 is 0 Å². The van der Waals surface area contributed by atoms with Gasteiger partial charge in [0.2, 0.25) is 0 Å². The second-order valence-electron chi connectivity index (χ2n) is 4.50. The molecule has 0 bridgehead atoms. The van der Waals surface area contributed by atoms with Crippen LogP contribution in [0.3, 0.4) is 0 Å². The van der Waals surface area contributed by atoms with Gasteiger partial charge in [0.05, 0.1) is 11.0 Å². The molecule has 1 heterocycles. The molecule has 96 valence electrons. The highest BCUT2D eigenvalue weighted by Crippen LogP contribution is 2.25. The number of hydrogen-bond donors (Lipinski definition) is 0. The molecule has 0 aliphatic rings. The Morgan fingerprint density at radius 3 is 2.58 bits per heavy atom. The first-order chi connectivity index (χ1) is 9.33. The number of halogens is 1. The van der Waals surface area contributed by atoms with E-state index in [2.05, 4.69) is 41.8 Å². The van der Waals surface area contributed by atoms with E-state index < -0.39 is 0 Å². The second-order valence-corrected chi connectivity index (χ2v) is 4.77. The van der Waals surface area contributed by atoms with Crippen molar-refractivity contribution in [1.82, 2.24) is 9.55 Å². The van der Waals surface area contributed by atoms with Crippen LogP contribution in [0, 0.1) is 0 Å². The van der Waals surface area contributed by atoms with Gasteiger partial charge in [0.15, 0.2) is 0 Å². The molecule has 0 unspecified atom stereocenters. The normalized spacial score (nSPS) is 11.1. The van der Waals surface area contributed by atoms with Crippen LogP contribution in [-0.4, -0.2) is 9.55 Å². The van der Waals surface area contributed by atoms with Crippen LogP contribution in [0.2, 0.25) is 0 Å². The first-order valence-electron chi connectivity index (χ1n) is 6.44. The Kier molecular flexibility index (Phi) is 3.26. The molecule has 0 aliphatic carbocycles. The highest BCUT2D eigenvalue weighted by atomic mass is 35.5. The van der Waals surface area contributed by atoms with E-state index in [1.165, 1.54) is 0 Å². The summed E-state index contributed by atoms with van der Waals surface area (Å²) in [6, 6.07) is 16.5. The summed E-state index contributed by atoms with van der Waals surface area (Å²) in [5.74, 6) is 1.54. The summed E-state index contributed by atoms with van der Waals surface area (Å²) in [6.07, 6.45) is 0. The van der Waals surface area contributed by atoms with Crippen molar-refractivity contribution in [3.63, 3.8) is 0 Å². The van der Waals surface area contributed by atoms with Crippen molar-refractivity contribution in [2.75, 3.05) is 0 Å². The number of hydrogen-bond acceptors (Lipinski definition) is 1. The van der Waals surface area contributed by atoms with E-state index in [0.717, 1.165) is 34.5 Å². The summed E-state index contributed by atoms with van der Waals surface area (Å²) in [5.41, 5.74) is 4.43. The molecule has 2 nitrogen and oxygen atoms in total. The summed E-state index contributed by atoms with van der Waals surface area (Å²) in [4.78, 5) is 4.77. The van der Waals surface area contributed by atoms with Crippen LogP contribution in [0.15, 0.2) is 48.5 Å². The van der Waals surface area contributed by atoms with Crippen molar-refractivity contribution in [3.8, 4) is 11.4 Å². The van der Waals surface area contributed by atoms with Crippen LogP contribution in [-0.2, 0) is 12.4 Å². The fraction of sp³-hybridized carbons (Fsp3) is 0.188. The van der Waals surface area contributed by atoms with Crippen LogP contribution in [0.4, 0.5) is 0 Å². The monoisotopic (exact) mass is 270 g/mol. The SMILES string of the molecule is CCn1c(-c2ccccc2)nc2cc(CCl)ccc21. The molecular formula is C16H15ClN2. The summed E-state index contributed by atoms with van der Waals surface area (Å²) in [7, 11) is 0. The minimum Gasteiger partial charge on any atom is -0.324 e. The van der Waals surface area contributed by atoms with Gasteiger partial charge in [0, 0.05) is 18.0 Å². The topological polar surface area (TPSA) is 17.8 Å². The Bertz CT molecular complexity index is 701. The minimum absolute atomic E-state index is 0.523. The molecule has 0 N–H and O–H groups in total. The number of aryl methyl sites for hydroxylation is 1. The first kappa shape index (κ1) is 12.2. The standard InChI is InChI=1S/C16H15ClN2/c1-2-19-15-9-8-12(11-17)10-14(15)18-16(19)13-6-4-3-5-7-13/h3-10H,2,11H2,1H3. The molecule has 1 aromatic heterocycles. The molecule has 3 aromatic rings. The van der Waals surface area contributed by atoms with Gasteiger partial charge in [-0.25, -0.2) is 4.98 Å². The third kappa shape index (κ3) is 2.13. The zero-order valence-electron chi connectivity index (χ0n) is 10.8. The number of benzene rings is 2. The molecule has 0 saturated heterocycles. The number of aromatic nitrogens is 2. The van der Waals surface area contributed by atoms with E-state index in [9.17, 15) is 0 Å². The highest BCUT2D eigenvalue weighted by molar-refractivity contribution is 6.17. The molecule has 3 rings (SSSR count). The van der Waals surface area contributed by atoms with Gasteiger partial charge >= 0.3 is 0 Å². The van der Waals surface area contributed by atoms with Gasteiger partial charge < -0.3 is 4.57 Å². The van der Waals surface area contributed by atoms with E-state index >= 15 is 0 Å². The Hall–Kier alpha value is -1.80. The van der Waals surface area contributed by atoms with Crippen LogP contribution in [0.1, 0.15) is 12.5 Å². The predicted molar refractivity (Wildman–Crippen MR) is 80.4 cm³/mol. The molecular weight excluding hydrogens is 256 g/mol. The smallest absolute Gasteiger partial charge is 0.141 e. The van der Waals surface area contributed by atoms with E-state index in [1.807, 2.05) is 18.2 Å². The molecule has 3 heteroatoms. The average molecular weight is 271 g/mol. The Morgan fingerprint density at radius 2 is 1.89 bits per heavy atom. The molecule has 0 fully saturated rings. The summed E-state index contributed by atoms with van der Waals surface area (Å²) in [6.45, 7) is 3.05. The van der Waals surface area contributed by atoms with Crippen molar-refractivity contribution in [2.45, 2.75) is 19.3 Å². The van der Waals surface area contributed by atoms with Crippen LogP contribution in [0.25, 0.3) is 22.4 Å². The summed E-state index contributed by atoms with van der Waals surface area (Å²) in [5, 5.41) is 0. The molecule has 0 spiro atoms. The average Bonchev–Trinajstić information content (AvgIpc) is 2.85. The van der Waals surface area contributed by atoms with Crippen molar-refractivity contribution in [3.05, 3.63) is 54.1 Å². The van der Waals surface area contributed by atoms with Gasteiger partial charge in [-0.2, -0.15) is 0 Å². The van der Waals surface area contributed by atoms with Gasteiger partial charge in [-0.3, -0.25) is 0 Å². The number of rotatable bonds is 3. The largest absolute Gasteiger partial charge is 0.324 e. The van der Waals surface area contributed by atoms with Gasteiger partial charge in [0.1, 0.15) is 5.82 Å². The number of nitrogens with zero attached hydrogens (tertiary/aromatic N) is 2. The molecule has 0 amide bonds. The van der Waals surface area contributed by atoms with E-state index in [1.54, 1.807) is 0 Å². The molecule has 19 heavy (non-hydrogen) atoms. The fourth-order valence-corrected chi connectivity index (χ4v) is 2.55. The van der Waals surface area contributed by atoms with Gasteiger partial charge in [-0.05, 0) is 24.6 Å². The first-order valence-corrected chi connectivity index (χ1v) is 6.97. The van der Waals surface area contributed by atoms with Crippen molar-refractivity contribution >= 4 is 22.6 Å². The maximum atomic E-state index is 5.89. The van der Waals surface area contributed by atoms with Gasteiger partial charge in [0.25, 0.3) is 0 Å².